The van der Waals surface area contributed by atoms with E-state index in [2.05, 4.69) is 34.7 Å². The zero-order chi connectivity index (χ0) is 18.7. The number of unbranched alkanes of at least 4 members (excludes halogenated alkanes) is 1. The van der Waals surface area contributed by atoms with Gasteiger partial charge < -0.3 is 25.2 Å². The molecule has 1 aromatic rings. The van der Waals surface area contributed by atoms with Crippen LogP contribution in [0.4, 0.5) is 0 Å². The van der Waals surface area contributed by atoms with Crippen LogP contribution in [0.15, 0.2) is 29.3 Å². The number of nitrogens with one attached hydrogen (secondary N) is 2. The van der Waals surface area contributed by atoms with E-state index >= 15 is 0 Å². The van der Waals surface area contributed by atoms with E-state index < -0.39 is 0 Å². The molecule has 0 spiro atoms. The molecular weight excluding hydrogens is 457 g/mol. The average molecular weight is 491 g/mol. The molecule has 1 atom stereocenters. The van der Waals surface area contributed by atoms with Gasteiger partial charge in [0.2, 0.25) is 0 Å². The number of hydrogen-bond acceptors (Lipinski definition) is 4. The lowest BCUT2D eigenvalue weighted by Gasteiger charge is -2.27. The predicted octanol–water partition coefficient (Wildman–Crippen LogP) is 2.73. The molecular formula is C20H34IN3O3. The summed E-state index contributed by atoms with van der Waals surface area (Å²) in [6, 6.07) is 8.14. The number of aliphatic hydroxyl groups is 1. The number of aliphatic imine (C=N–C) groups is 1. The molecule has 7 heteroatoms. The second-order valence-electron chi connectivity index (χ2n) is 7.00. The molecule has 0 bridgehead atoms. The molecule has 1 saturated heterocycles. The molecule has 0 saturated carbocycles. The Morgan fingerprint density at radius 2 is 2.04 bits per heavy atom. The van der Waals surface area contributed by atoms with E-state index in [0.717, 1.165) is 57.1 Å². The number of hydrogen-bond donors (Lipinski definition) is 3. The van der Waals surface area contributed by atoms with Crippen LogP contribution < -0.4 is 15.4 Å². The Labute approximate surface area is 180 Å². The number of guanidine groups is 1. The quantitative estimate of drug-likeness (QED) is 0.203. The van der Waals surface area contributed by atoms with Crippen molar-refractivity contribution in [3.8, 4) is 5.75 Å². The molecule has 1 heterocycles. The van der Waals surface area contributed by atoms with Crippen LogP contribution in [0.5, 0.6) is 5.75 Å². The molecule has 0 aromatic heterocycles. The largest absolute Gasteiger partial charge is 0.494 e. The van der Waals surface area contributed by atoms with Crippen molar-refractivity contribution in [1.29, 1.82) is 0 Å². The molecule has 2 rings (SSSR count). The molecule has 27 heavy (non-hydrogen) atoms. The van der Waals surface area contributed by atoms with E-state index in [1.54, 1.807) is 7.05 Å². The topological polar surface area (TPSA) is 75.1 Å². The van der Waals surface area contributed by atoms with Crippen molar-refractivity contribution < 1.29 is 14.6 Å². The van der Waals surface area contributed by atoms with Crippen LogP contribution in [0.2, 0.25) is 0 Å². The molecule has 0 radical (unpaired) electrons. The molecule has 1 fully saturated rings. The smallest absolute Gasteiger partial charge is 0.190 e. The van der Waals surface area contributed by atoms with Crippen molar-refractivity contribution in [2.45, 2.75) is 32.6 Å². The molecule has 1 unspecified atom stereocenters. The second-order valence-corrected chi connectivity index (χ2v) is 7.00. The molecule has 1 aromatic carbocycles. The van der Waals surface area contributed by atoms with E-state index in [0.29, 0.717) is 13.2 Å². The van der Waals surface area contributed by atoms with E-state index in [-0.39, 0.29) is 36.0 Å². The van der Waals surface area contributed by atoms with Crippen molar-refractivity contribution in [1.82, 2.24) is 10.6 Å². The zero-order valence-electron chi connectivity index (χ0n) is 16.5. The number of ether oxygens (including phenoxy) is 2. The fourth-order valence-corrected chi connectivity index (χ4v) is 3.06. The number of benzene rings is 1. The highest BCUT2D eigenvalue weighted by molar-refractivity contribution is 14.0. The van der Waals surface area contributed by atoms with Crippen LogP contribution in [0, 0.1) is 12.3 Å². The van der Waals surface area contributed by atoms with Gasteiger partial charge in [-0.3, -0.25) is 4.99 Å². The fraction of sp³-hybridized carbons (Fsp3) is 0.650. The van der Waals surface area contributed by atoms with Gasteiger partial charge in [-0.25, -0.2) is 0 Å². The Morgan fingerprint density at radius 1 is 1.26 bits per heavy atom. The van der Waals surface area contributed by atoms with Crippen LogP contribution in [0.3, 0.4) is 0 Å². The van der Waals surface area contributed by atoms with Crippen molar-refractivity contribution in [3.05, 3.63) is 29.8 Å². The maximum absolute atomic E-state index is 9.29. The van der Waals surface area contributed by atoms with Crippen LogP contribution in [0.25, 0.3) is 0 Å². The summed E-state index contributed by atoms with van der Waals surface area (Å²) in [6.07, 6.45) is 3.73. The molecule has 6 nitrogen and oxygen atoms in total. The van der Waals surface area contributed by atoms with Gasteiger partial charge in [-0.1, -0.05) is 17.7 Å². The van der Waals surface area contributed by atoms with Gasteiger partial charge in [0.1, 0.15) is 5.75 Å². The maximum atomic E-state index is 9.29. The minimum absolute atomic E-state index is 0. The summed E-state index contributed by atoms with van der Waals surface area (Å²) in [5, 5.41) is 16.0. The first-order chi connectivity index (χ1) is 12.7. The molecule has 1 aliphatic rings. The van der Waals surface area contributed by atoms with Crippen LogP contribution in [-0.4, -0.2) is 57.6 Å². The van der Waals surface area contributed by atoms with Gasteiger partial charge in [-0.15, -0.1) is 24.0 Å². The fourth-order valence-electron chi connectivity index (χ4n) is 3.06. The van der Waals surface area contributed by atoms with E-state index in [9.17, 15) is 5.11 Å². The lowest BCUT2D eigenvalue weighted by molar-refractivity contribution is 0.127. The summed E-state index contributed by atoms with van der Waals surface area (Å²) < 4.78 is 11.3. The number of nitrogens with zero attached hydrogens (tertiary/aromatic N) is 1. The van der Waals surface area contributed by atoms with Crippen LogP contribution in [0.1, 0.15) is 31.2 Å². The Morgan fingerprint density at radius 3 is 2.67 bits per heavy atom. The third-order valence-corrected chi connectivity index (χ3v) is 4.83. The van der Waals surface area contributed by atoms with Crippen LogP contribution >= 0.6 is 24.0 Å². The summed E-state index contributed by atoms with van der Waals surface area (Å²) >= 11 is 0. The minimum Gasteiger partial charge on any atom is -0.494 e. The van der Waals surface area contributed by atoms with Crippen molar-refractivity contribution in [2.75, 3.05) is 46.6 Å². The third-order valence-electron chi connectivity index (χ3n) is 4.83. The summed E-state index contributed by atoms with van der Waals surface area (Å²) in [7, 11) is 1.78. The summed E-state index contributed by atoms with van der Waals surface area (Å²) in [4.78, 5) is 4.27. The Bertz CT molecular complexity index is 546. The van der Waals surface area contributed by atoms with E-state index in [1.165, 1.54) is 5.56 Å². The van der Waals surface area contributed by atoms with Crippen molar-refractivity contribution in [3.63, 3.8) is 0 Å². The normalized spacial score (nSPS) is 19.4. The SMILES string of the molecule is CN=C(NCCCCOc1ccc(C)cc1)NCC1(CCO)CCOC1.I. The highest BCUT2D eigenvalue weighted by Gasteiger charge is 2.34. The second kappa shape index (κ2) is 13.2. The van der Waals surface area contributed by atoms with Gasteiger partial charge in [0.15, 0.2) is 5.96 Å². The first-order valence-corrected chi connectivity index (χ1v) is 9.50. The lowest BCUT2D eigenvalue weighted by Crippen LogP contribution is -2.44. The zero-order valence-corrected chi connectivity index (χ0v) is 18.8. The first-order valence-electron chi connectivity index (χ1n) is 9.50. The summed E-state index contributed by atoms with van der Waals surface area (Å²) in [6.45, 7) is 6.07. The van der Waals surface area contributed by atoms with Gasteiger partial charge in [0.05, 0.1) is 13.2 Å². The average Bonchev–Trinajstić information content (AvgIpc) is 3.11. The number of aliphatic hydroxyl groups excluding tert-OH is 1. The van der Waals surface area contributed by atoms with Gasteiger partial charge >= 0.3 is 0 Å². The highest BCUT2D eigenvalue weighted by Crippen LogP contribution is 2.31. The molecule has 154 valence electrons. The van der Waals surface area contributed by atoms with Gasteiger partial charge in [0.25, 0.3) is 0 Å². The molecule has 3 N–H and O–H groups in total. The Hall–Kier alpha value is -1.06. The number of rotatable bonds is 10. The predicted molar refractivity (Wildman–Crippen MR) is 120 cm³/mol. The van der Waals surface area contributed by atoms with Crippen molar-refractivity contribution >= 4 is 29.9 Å². The van der Waals surface area contributed by atoms with Gasteiger partial charge in [0, 0.05) is 38.8 Å². The third kappa shape index (κ3) is 8.66. The Kier molecular flexibility index (Phi) is 11.7. The van der Waals surface area contributed by atoms with E-state index in [1.807, 2.05) is 12.1 Å². The maximum Gasteiger partial charge on any atom is 0.190 e. The van der Waals surface area contributed by atoms with Gasteiger partial charge in [-0.2, -0.15) is 0 Å². The number of halogens is 1. The summed E-state index contributed by atoms with van der Waals surface area (Å²) in [5.41, 5.74) is 1.26. The Balaban J connectivity index is 0.00000364. The van der Waals surface area contributed by atoms with Gasteiger partial charge in [-0.05, 0) is 44.7 Å². The molecule has 0 amide bonds. The first kappa shape index (κ1) is 24.0. The van der Waals surface area contributed by atoms with E-state index in [4.69, 9.17) is 9.47 Å². The molecule has 1 aliphatic heterocycles. The minimum atomic E-state index is 0. The lowest BCUT2D eigenvalue weighted by atomic mass is 9.84. The molecule has 0 aliphatic carbocycles. The number of aryl methyl sites for hydroxylation is 1. The standard InChI is InChI=1S/C20H33N3O3.HI/c1-17-5-7-18(8-6-17)26-13-4-3-11-22-19(21-2)23-15-20(9-12-24)10-14-25-16-20;/h5-8,24H,3-4,9-16H2,1-2H3,(H2,21,22,23);1H. The highest BCUT2D eigenvalue weighted by atomic mass is 127. The summed E-state index contributed by atoms with van der Waals surface area (Å²) in [5.74, 6) is 1.72. The van der Waals surface area contributed by atoms with Crippen molar-refractivity contribution in [2.24, 2.45) is 10.4 Å². The van der Waals surface area contributed by atoms with Crippen LogP contribution in [-0.2, 0) is 4.74 Å². The monoisotopic (exact) mass is 491 g/mol.